The maximum Gasteiger partial charge on any atom is -0.00237 e. The van der Waals surface area contributed by atoms with Gasteiger partial charge < -0.3 is 0 Å². The molecule has 0 N–H and O–H groups in total. The molecule has 0 fully saturated rings. The van der Waals surface area contributed by atoms with Gasteiger partial charge in [0.05, 0.1) is 0 Å². The van der Waals surface area contributed by atoms with Crippen molar-refractivity contribution in [2.24, 2.45) is 0 Å². The molecule has 0 aliphatic rings. The minimum Gasteiger partial charge on any atom is -0.0654 e. The molecule has 344 valence electrons. The van der Waals surface area contributed by atoms with Crippen molar-refractivity contribution in [3.63, 3.8) is 0 Å². The summed E-state index contributed by atoms with van der Waals surface area (Å²) in [4.78, 5) is 0. The highest BCUT2D eigenvalue weighted by Gasteiger charge is 2.27. The summed E-state index contributed by atoms with van der Waals surface area (Å²) in [5.41, 5.74) is 0. The fourth-order valence-electron chi connectivity index (χ4n) is 9.55. The Kier molecular flexibility index (Phi) is 52.1. The van der Waals surface area contributed by atoms with Crippen molar-refractivity contribution in [2.75, 3.05) is 0 Å². The zero-order valence-corrected chi connectivity index (χ0v) is 43.0. The van der Waals surface area contributed by atoms with Crippen LogP contribution in [0.4, 0.5) is 0 Å². The summed E-state index contributed by atoms with van der Waals surface area (Å²) in [6.07, 6.45) is 75.2. The van der Waals surface area contributed by atoms with Crippen molar-refractivity contribution in [1.29, 1.82) is 0 Å². The van der Waals surface area contributed by atoms with Gasteiger partial charge in [0.1, 0.15) is 0 Å². The molecule has 0 rings (SSSR count). The van der Waals surface area contributed by atoms with Crippen LogP contribution in [0.2, 0.25) is 0 Å². The van der Waals surface area contributed by atoms with Crippen LogP contribution in [-0.4, -0.2) is 5.16 Å². The third-order valence-corrected chi connectivity index (χ3v) is 17.4. The van der Waals surface area contributed by atoms with Gasteiger partial charge in [-0.3, -0.25) is 0 Å². The molecule has 0 nitrogen and oxygen atoms in total. The Morgan fingerprint density at radius 3 is 0.456 bits per heavy atom. The van der Waals surface area contributed by atoms with Crippen LogP contribution in [0.25, 0.3) is 0 Å². The second-order valence-electron chi connectivity index (χ2n) is 19.5. The van der Waals surface area contributed by atoms with Crippen LogP contribution in [0.5, 0.6) is 0 Å². The molecule has 0 aliphatic carbocycles. The Labute approximate surface area is 374 Å². The number of halogens is 1. The first-order valence-electron chi connectivity index (χ1n) is 27.6. The maximum absolute atomic E-state index is 4.14. The summed E-state index contributed by atoms with van der Waals surface area (Å²) in [6.45, 7) is 6.96. The Morgan fingerprint density at radius 2 is 0.333 bits per heavy atom. The molecule has 0 aromatic carbocycles. The van der Waals surface area contributed by atoms with Gasteiger partial charge in [-0.05, 0) is 31.7 Å². The number of hydrogen-bond donors (Lipinski definition) is 0. The van der Waals surface area contributed by atoms with E-state index in [4.69, 9.17) is 0 Å². The smallest absolute Gasteiger partial charge is 0.00237 e. The maximum atomic E-state index is 4.14. The average molecular weight is 884 g/mol. The van der Waals surface area contributed by atoms with Gasteiger partial charge in [0.25, 0.3) is 0 Å². The number of hydrogen-bond acceptors (Lipinski definition) is 0. The summed E-state index contributed by atoms with van der Waals surface area (Å²) in [6, 6.07) is 0. The van der Waals surface area contributed by atoms with Crippen LogP contribution < -0.4 is 0 Å². The highest BCUT2D eigenvalue weighted by molar-refractivity contribution is 9.37. The molecule has 2 heteroatoms. The van der Waals surface area contributed by atoms with E-state index in [0.29, 0.717) is 5.16 Å². The van der Waals surface area contributed by atoms with E-state index < -0.39 is 0 Å². The van der Waals surface area contributed by atoms with Crippen molar-refractivity contribution in [1.82, 2.24) is 0 Å². The molecule has 0 aromatic rings. The highest BCUT2D eigenvalue weighted by atomic mass is 79.9. The van der Waals surface area contributed by atoms with Crippen LogP contribution in [0, 0.1) is 0 Å². The van der Waals surface area contributed by atoms with E-state index >= 15 is 0 Å². The molecule has 1 unspecified atom stereocenters. The molecule has 0 saturated carbocycles. The van der Waals surface area contributed by atoms with E-state index in [1.54, 1.807) is 0 Å². The van der Waals surface area contributed by atoms with Gasteiger partial charge in [-0.15, -0.1) is 0 Å². The molecule has 0 spiro atoms. The normalized spacial score (nSPS) is 12.2. The molecule has 57 heavy (non-hydrogen) atoms. The van der Waals surface area contributed by atoms with E-state index in [1.165, 1.54) is 327 Å². The van der Waals surface area contributed by atoms with Crippen molar-refractivity contribution < 1.29 is 0 Å². The zero-order valence-electron chi connectivity index (χ0n) is 40.4. The zero-order chi connectivity index (χ0) is 41.3. The topological polar surface area (TPSA) is 0 Å². The molecule has 0 aliphatic heterocycles. The largest absolute Gasteiger partial charge is 0.0654 e. The van der Waals surface area contributed by atoms with Crippen LogP contribution in [-0.2, 0) is 0 Å². The molecule has 0 amide bonds. The minimum atomic E-state index is 0.599. The molecule has 0 aromatic heterocycles. The van der Waals surface area contributed by atoms with Crippen LogP contribution in [0.1, 0.15) is 348 Å². The highest BCUT2D eigenvalue weighted by Crippen LogP contribution is 2.49. The first kappa shape index (κ1) is 57.9. The Bertz CT molecular complexity index is 604. The molecule has 1 atom stereocenters. The van der Waals surface area contributed by atoms with Gasteiger partial charge in [0.2, 0.25) is 0 Å². The molecule has 0 radical (unpaired) electrons. The van der Waals surface area contributed by atoms with Crippen molar-refractivity contribution in [3.05, 3.63) is 0 Å². The summed E-state index contributed by atoms with van der Waals surface area (Å²) < 4.78 is 0. The van der Waals surface area contributed by atoms with Crippen molar-refractivity contribution >= 4 is 22.8 Å². The fraction of sp³-hybridized carbons (Fsp3) is 1.00. The fourth-order valence-corrected chi connectivity index (χ4v) is 12.1. The Hall–Kier alpha value is 0.910. The lowest BCUT2D eigenvalue weighted by molar-refractivity contribution is 0.400. The standard InChI is InChI=1S/C55H112BrP/c1-4-7-10-13-16-19-22-25-28-31-34-37-40-43-46-49-52-55(57-56,53-50-47-44-41-38-35-32-29-26-23-20-17-14-11-8-5-2)54-51-48-45-42-39-36-33-30-27-24-21-18-15-12-9-6-3/h57H,4-54H2,1-3H3. The van der Waals surface area contributed by atoms with E-state index in [-0.39, 0.29) is 0 Å². The number of rotatable bonds is 52. The number of unbranched alkanes of at least 4 members (excludes halogenated alkanes) is 45. The van der Waals surface area contributed by atoms with Crippen LogP contribution in [0.3, 0.4) is 0 Å². The summed E-state index contributed by atoms with van der Waals surface area (Å²) in [5, 5.41) is 0.599. The lowest BCUT2D eigenvalue weighted by atomic mass is 9.88. The lowest BCUT2D eigenvalue weighted by Gasteiger charge is -2.32. The second-order valence-corrected chi connectivity index (χ2v) is 22.0. The van der Waals surface area contributed by atoms with Gasteiger partial charge in [-0.1, -0.05) is 344 Å². The monoisotopic (exact) mass is 883 g/mol. The molecule has 0 heterocycles. The molecular weight excluding hydrogens is 771 g/mol. The first-order chi connectivity index (χ1) is 28.2. The molecular formula is C55H112BrP. The van der Waals surface area contributed by atoms with Gasteiger partial charge in [0.15, 0.2) is 0 Å². The van der Waals surface area contributed by atoms with Gasteiger partial charge in [-0.25, -0.2) is 0 Å². The minimum absolute atomic E-state index is 0.599. The third-order valence-electron chi connectivity index (χ3n) is 13.7. The Balaban J connectivity index is 4.19. The van der Waals surface area contributed by atoms with Gasteiger partial charge in [-0.2, -0.15) is 0 Å². The van der Waals surface area contributed by atoms with E-state index in [0.717, 1.165) is 7.28 Å². The predicted octanol–water partition coefficient (Wildman–Crippen LogP) is 22.7. The van der Waals surface area contributed by atoms with Gasteiger partial charge in [0, 0.05) is 0 Å². The third kappa shape index (κ3) is 46.3. The lowest BCUT2D eigenvalue weighted by Crippen LogP contribution is -2.22. The predicted molar refractivity (Wildman–Crippen MR) is 272 cm³/mol. The summed E-state index contributed by atoms with van der Waals surface area (Å²) in [5.74, 6) is 0. The van der Waals surface area contributed by atoms with E-state index in [9.17, 15) is 0 Å². The molecule has 0 bridgehead atoms. The van der Waals surface area contributed by atoms with Crippen molar-refractivity contribution in [2.45, 2.75) is 353 Å². The van der Waals surface area contributed by atoms with E-state index in [2.05, 4.69) is 36.3 Å². The quantitative estimate of drug-likeness (QED) is 0.0422. The van der Waals surface area contributed by atoms with E-state index in [1.807, 2.05) is 0 Å². The van der Waals surface area contributed by atoms with Gasteiger partial charge >= 0.3 is 0 Å². The summed E-state index contributed by atoms with van der Waals surface area (Å²) >= 11 is 4.14. The Morgan fingerprint density at radius 1 is 0.211 bits per heavy atom. The average Bonchev–Trinajstić information content (AvgIpc) is 3.22. The first-order valence-corrected chi connectivity index (χ1v) is 30.9. The second kappa shape index (κ2) is 51.3. The SMILES string of the molecule is CCCCCCCCCCCCCCCCCCC(CCCCCCCCCCCCCCCCCC)(CCCCCCCCCCCCCCCCCC)PBr. The summed E-state index contributed by atoms with van der Waals surface area (Å²) in [7, 11) is 0.964. The molecule has 0 saturated heterocycles. The van der Waals surface area contributed by atoms with Crippen molar-refractivity contribution in [3.8, 4) is 0 Å². The van der Waals surface area contributed by atoms with Crippen LogP contribution >= 0.6 is 22.8 Å². The van der Waals surface area contributed by atoms with Crippen LogP contribution in [0.15, 0.2) is 0 Å².